The SMILES string of the molecule is O=C1CCCN1C1Cc2cc3cc(C(F)(F)F)cnc3n2CC1O. The van der Waals surface area contributed by atoms with Gasteiger partial charge in [-0.15, -0.1) is 0 Å². The van der Waals surface area contributed by atoms with E-state index in [-0.39, 0.29) is 18.5 Å². The van der Waals surface area contributed by atoms with Crippen molar-refractivity contribution in [1.29, 1.82) is 0 Å². The molecule has 0 spiro atoms. The van der Waals surface area contributed by atoms with Crippen LogP contribution in [-0.4, -0.2) is 44.2 Å². The van der Waals surface area contributed by atoms with Crippen LogP contribution in [0.4, 0.5) is 13.2 Å². The first-order valence-corrected chi connectivity index (χ1v) is 7.87. The standard InChI is InChI=1S/C16H16F3N3O2/c17-16(18,19)10-4-9-5-11-6-12(21-3-1-2-14(21)24)13(23)8-22(11)15(9)20-7-10/h4-5,7,12-13,23H,1-3,6,8H2. The zero-order valence-electron chi connectivity index (χ0n) is 12.8. The Labute approximate surface area is 135 Å². The molecule has 0 bridgehead atoms. The summed E-state index contributed by atoms with van der Waals surface area (Å²) >= 11 is 0. The van der Waals surface area contributed by atoms with Crippen molar-refractivity contribution in [3.63, 3.8) is 0 Å². The highest BCUT2D eigenvalue weighted by molar-refractivity contribution is 5.80. The van der Waals surface area contributed by atoms with Crippen molar-refractivity contribution in [2.75, 3.05) is 6.54 Å². The summed E-state index contributed by atoms with van der Waals surface area (Å²) in [5.74, 6) is 0.0288. The van der Waals surface area contributed by atoms with Crippen LogP contribution in [0, 0.1) is 0 Å². The van der Waals surface area contributed by atoms with E-state index < -0.39 is 17.8 Å². The van der Waals surface area contributed by atoms with Crippen LogP contribution >= 0.6 is 0 Å². The second-order valence-electron chi connectivity index (χ2n) is 6.41. The molecule has 1 N–H and O–H groups in total. The first kappa shape index (κ1) is 15.4. The number of rotatable bonds is 1. The largest absolute Gasteiger partial charge is 0.417 e. The third kappa shape index (κ3) is 2.36. The van der Waals surface area contributed by atoms with Crippen LogP contribution in [0.2, 0.25) is 0 Å². The second-order valence-corrected chi connectivity index (χ2v) is 6.41. The predicted octanol–water partition coefficient (Wildman–Crippen LogP) is 1.96. The predicted molar refractivity (Wildman–Crippen MR) is 79.2 cm³/mol. The van der Waals surface area contributed by atoms with Gasteiger partial charge in [-0.1, -0.05) is 0 Å². The number of hydrogen-bond donors (Lipinski definition) is 1. The topological polar surface area (TPSA) is 58.4 Å². The van der Waals surface area contributed by atoms with E-state index in [4.69, 9.17) is 0 Å². The Balaban J connectivity index is 1.72. The molecule has 0 aromatic carbocycles. The van der Waals surface area contributed by atoms with E-state index in [0.717, 1.165) is 24.4 Å². The van der Waals surface area contributed by atoms with Gasteiger partial charge in [-0.2, -0.15) is 13.2 Å². The molecule has 2 atom stereocenters. The summed E-state index contributed by atoms with van der Waals surface area (Å²) in [6.45, 7) is 0.850. The molecule has 2 aromatic rings. The third-order valence-electron chi connectivity index (χ3n) is 4.89. The zero-order valence-corrected chi connectivity index (χ0v) is 12.8. The van der Waals surface area contributed by atoms with Gasteiger partial charge < -0.3 is 14.6 Å². The molecule has 2 aliphatic heterocycles. The van der Waals surface area contributed by atoms with Crippen molar-refractivity contribution in [1.82, 2.24) is 14.5 Å². The van der Waals surface area contributed by atoms with Crippen LogP contribution in [-0.2, 0) is 23.9 Å². The summed E-state index contributed by atoms with van der Waals surface area (Å²) in [6, 6.07) is 2.44. The van der Waals surface area contributed by atoms with Crippen molar-refractivity contribution in [3.8, 4) is 0 Å². The quantitative estimate of drug-likeness (QED) is 0.864. The fraction of sp³-hybridized carbons (Fsp3) is 0.500. The molecule has 2 aromatic heterocycles. The summed E-state index contributed by atoms with van der Waals surface area (Å²) in [6.07, 6.45) is -2.68. The first-order valence-electron chi connectivity index (χ1n) is 7.87. The zero-order chi connectivity index (χ0) is 17.1. The van der Waals surface area contributed by atoms with Gasteiger partial charge in [0, 0.05) is 36.7 Å². The molecular weight excluding hydrogens is 323 g/mol. The number of aliphatic hydroxyl groups excluding tert-OH is 1. The van der Waals surface area contributed by atoms with E-state index in [2.05, 4.69) is 4.98 Å². The highest BCUT2D eigenvalue weighted by Crippen LogP contribution is 2.33. The maximum absolute atomic E-state index is 12.8. The van der Waals surface area contributed by atoms with Gasteiger partial charge in [0.1, 0.15) is 5.65 Å². The van der Waals surface area contributed by atoms with Crippen LogP contribution in [0.15, 0.2) is 18.3 Å². The molecule has 5 nitrogen and oxygen atoms in total. The van der Waals surface area contributed by atoms with Gasteiger partial charge in [0.15, 0.2) is 0 Å². The van der Waals surface area contributed by atoms with Crippen LogP contribution in [0.5, 0.6) is 0 Å². The smallest absolute Gasteiger partial charge is 0.389 e. The summed E-state index contributed by atoms with van der Waals surface area (Å²) in [7, 11) is 0. The lowest BCUT2D eigenvalue weighted by Gasteiger charge is -2.36. The van der Waals surface area contributed by atoms with Crippen molar-refractivity contribution in [2.24, 2.45) is 0 Å². The summed E-state index contributed by atoms with van der Waals surface area (Å²) in [5.41, 5.74) is 0.444. The van der Waals surface area contributed by atoms with Crippen LogP contribution in [0.1, 0.15) is 24.1 Å². The van der Waals surface area contributed by atoms with Crippen molar-refractivity contribution >= 4 is 16.9 Å². The molecule has 2 aliphatic rings. The molecule has 4 rings (SSSR count). The Bertz CT molecular complexity index is 815. The lowest BCUT2D eigenvalue weighted by atomic mass is 10.00. The number of aromatic nitrogens is 2. The summed E-state index contributed by atoms with van der Waals surface area (Å²) in [4.78, 5) is 17.6. The number of alkyl halides is 3. The number of hydrogen-bond acceptors (Lipinski definition) is 3. The summed E-state index contributed by atoms with van der Waals surface area (Å²) < 4.78 is 40.3. The Morgan fingerprint density at radius 3 is 2.75 bits per heavy atom. The maximum atomic E-state index is 12.8. The number of amides is 1. The van der Waals surface area contributed by atoms with E-state index in [1.54, 1.807) is 15.5 Å². The molecule has 8 heteroatoms. The Morgan fingerprint density at radius 2 is 2.08 bits per heavy atom. The lowest BCUT2D eigenvalue weighted by Crippen LogP contribution is -2.50. The normalized spacial score (nSPS) is 24.7. The number of aliphatic hydroxyl groups is 1. The molecule has 1 fully saturated rings. The number of fused-ring (bicyclic) bond motifs is 3. The number of nitrogens with zero attached hydrogens (tertiary/aromatic N) is 3. The fourth-order valence-corrected chi connectivity index (χ4v) is 3.72. The lowest BCUT2D eigenvalue weighted by molar-refractivity contribution is -0.137. The van der Waals surface area contributed by atoms with Crippen LogP contribution in [0.25, 0.3) is 11.0 Å². The van der Waals surface area contributed by atoms with E-state index in [0.29, 0.717) is 30.4 Å². The van der Waals surface area contributed by atoms with Gasteiger partial charge in [0.05, 0.1) is 24.3 Å². The highest BCUT2D eigenvalue weighted by Gasteiger charge is 2.37. The monoisotopic (exact) mass is 339 g/mol. The molecule has 1 amide bonds. The van der Waals surface area contributed by atoms with Crippen molar-refractivity contribution < 1.29 is 23.1 Å². The molecule has 2 unspecified atom stereocenters. The fourth-order valence-electron chi connectivity index (χ4n) is 3.72. The average Bonchev–Trinajstić information content (AvgIpc) is 3.08. The van der Waals surface area contributed by atoms with E-state index in [1.807, 2.05) is 0 Å². The number of pyridine rings is 1. The highest BCUT2D eigenvalue weighted by atomic mass is 19.4. The molecule has 1 saturated heterocycles. The maximum Gasteiger partial charge on any atom is 0.417 e. The average molecular weight is 339 g/mol. The number of halogens is 3. The molecule has 128 valence electrons. The number of carbonyl (C=O) groups is 1. The Kier molecular flexibility index (Phi) is 3.35. The minimum atomic E-state index is -4.44. The minimum Gasteiger partial charge on any atom is -0.389 e. The first-order chi connectivity index (χ1) is 11.3. The second kappa shape index (κ2) is 5.20. The molecular formula is C16H16F3N3O2. The van der Waals surface area contributed by atoms with E-state index in [9.17, 15) is 23.1 Å². The van der Waals surface area contributed by atoms with Crippen molar-refractivity contribution in [3.05, 3.63) is 29.6 Å². The van der Waals surface area contributed by atoms with E-state index in [1.165, 1.54) is 0 Å². The molecule has 0 radical (unpaired) electrons. The van der Waals surface area contributed by atoms with Gasteiger partial charge in [-0.05, 0) is 18.6 Å². The van der Waals surface area contributed by atoms with Gasteiger partial charge in [-0.3, -0.25) is 4.79 Å². The number of carbonyl (C=O) groups excluding carboxylic acids is 1. The van der Waals surface area contributed by atoms with Gasteiger partial charge in [-0.25, -0.2) is 4.98 Å². The molecule has 0 saturated carbocycles. The van der Waals surface area contributed by atoms with Crippen LogP contribution < -0.4 is 0 Å². The van der Waals surface area contributed by atoms with Gasteiger partial charge in [0.25, 0.3) is 0 Å². The molecule has 4 heterocycles. The minimum absolute atomic E-state index is 0.0288. The third-order valence-corrected chi connectivity index (χ3v) is 4.89. The Hall–Kier alpha value is -2.09. The van der Waals surface area contributed by atoms with Gasteiger partial charge in [0.2, 0.25) is 5.91 Å². The van der Waals surface area contributed by atoms with Crippen LogP contribution in [0.3, 0.4) is 0 Å². The van der Waals surface area contributed by atoms with Gasteiger partial charge >= 0.3 is 6.18 Å². The van der Waals surface area contributed by atoms with Crippen molar-refractivity contribution in [2.45, 2.75) is 44.1 Å². The number of likely N-dealkylation sites (tertiary alicyclic amines) is 1. The molecule has 24 heavy (non-hydrogen) atoms. The Morgan fingerprint density at radius 1 is 1.29 bits per heavy atom. The molecule has 0 aliphatic carbocycles. The van der Waals surface area contributed by atoms with E-state index >= 15 is 0 Å². The summed E-state index contributed by atoms with van der Waals surface area (Å²) in [5, 5.41) is 10.8.